The summed E-state index contributed by atoms with van der Waals surface area (Å²) in [5.41, 5.74) is 0.537. The van der Waals surface area contributed by atoms with Crippen LogP contribution in [0.5, 0.6) is 11.5 Å². The highest BCUT2D eigenvalue weighted by molar-refractivity contribution is 5.94. The van der Waals surface area contributed by atoms with Crippen molar-refractivity contribution in [1.82, 2.24) is 9.80 Å². The maximum atomic E-state index is 12.3. The first-order valence-electron chi connectivity index (χ1n) is 8.54. The molecule has 0 aliphatic carbocycles. The van der Waals surface area contributed by atoms with Crippen LogP contribution in [0.1, 0.15) is 16.8 Å². The zero-order valence-electron chi connectivity index (χ0n) is 14.7. The zero-order chi connectivity index (χ0) is 18.4. The molecular weight excluding hydrogens is 336 g/mol. The van der Waals surface area contributed by atoms with Gasteiger partial charge in [0.1, 0.15) is 6.26 Å². The lowest BCUT2D eigenvalue weighted by Gasteiger charge is -2.34. The van der Waals surface area contributed by atoms with Crippen molar-refractivity contribution in [1.29, 1.82) is 0 Å². The second kappa shape index (κ2) is 8.42. The predicted octanol–water partition coefficient (Wildman–Crippen LogP) is 2.04. The summed E-state index contributed by atoms with van der Waals surface area (Å²) in [6.45, 7) is 2.37. The number of para-hydroxylation sites is 2. The van der Waals surface area contributed by atoms with Gasteiger partial charge in [-0.3, -0.25) is 9.59 Å². The van der Waals surface area contributed by atoms with E-state index in [1.54, 1.807) is 23.0 Å². The molecule has 2 amide bonds. The second-order valence-corrected chi connectivity index (χ2v) is 5.93. The van der Waals surface area contributed by atoms with E-state index in [0.717, 1.165) is 0 Å². The summed E-state index contributed by atoms with van der Waals surface area (Å²) >= 11 is 0. The number of ether oxygens (including phenoxy) is 2. The van der Waals surface area contributed by atoms with E-state index < -0.39 is 0 Å². The van der Waals surface area contributed by atoms with E-state index in [1.165, 1.54) is 12.5 Å². The molecule has 3 rings (SSSR count). The summed E-state index contributed by atoms with van der Waals surface area (Å²) < 4.78 is 15.8. The Kier molecular flexibility index (Phi) is 5.78. The number of carbonyl (C=O) groups excluding carboxylic acids is 2. The smallest absolute Gasteiger partial charge is 0.257 e. The lowest BCUT2D eigenvalue weighted by molar-refractivity contribution is -0.133. The third-order valence-corrected chi connectivity index (χ3v) is 4.33. The fourth-order valence-electron chi connectivity index (χ4n) is 2.87. The molecular formula is C19H22N2O5. The Hall–Kier alpha value is -2.96. The molecule has 2 aromatic rings. The van der Waals surface area contributed by atoms with E-state index >= 15 is 0 Å². The zero-order valence-corrected chi connectivity index (χ0v) is 14.7. The molecule has 138 valence electrons. The molecule has 1 aliphatic rings. The van der Waals surface area contributed by atoms with Gasteiger partial charge in [0.25, 0.3) is 5.91 Å². The molecule has 0 bridgehead atoms. The van der Waals surface area contributed by atoms with Crippen LogP contribution < -0.4 is 9.47 Å². The lowest BCUT2D eigenvalue weighted by Crippen LogP contribution is -2.50. The van der Waals surface area contributed by atoms with Gasteiger partial charge in [-0.05, 0) is 18.2 Å². The van der Waals surface area contributed by atoms with Crippen molar-refractivity contribution in [2.45, 2.75) is 6.42 Å². The Morgan fingerprint density at radius 2 is 1.73 bits per heavy atom. The van der Waals surface area contributed by atoms with E-state index in [0.29, 0.717) is 43.2 Å². The van der Waals surface area contributed by atoms with Crippen LogP contribution in [0, 0.1) is 0 Å². The predicted molar refractivity (Wildman–Crippen MR) is 94.3 cm³/mol. The molecule has 0 radical (unpaired) electrons. The molecule has 2 heterocycles. The molecule has 0 spiro atoms. The largest absolute Gasteiger partial charge is 0.493 e. The van der Waals surface area contributed by atoms with Crippen molar-refractivity contribution >= 4 is 11.8 Å². The first-order chi connectivity index (χ1) is 12.7. The van der Waals surface area contributed by atoms with E-state index in [1.807, 2.05) is 24.3 Å². The van der Waals surface area contributed by atoms with Gasteiger partial charge in [0.2, 0.25) is 5.91 Å². The van der Waals surface area contributed by atoms with Gasteiger partial charge >= 0.3 is 0 Å². The number of benzene rings is 1. The van der Waals surface area contributed by atoms with Gasteiger partial charge in [-0.2, -0.15) is 0 Å². The van der Waals surface area contributed by atoms with Crippen molar-refractivity contribution in [3.63, 3.8) is 0 Å². The number of nitrogens with zero attached hydrogens (tertiary/aromatic N) is 2. The molecule has 1 aliphatic heterocycles. The summed E-state index contributed by atoms with van der Waals surface area (Å²) in [7, 11) is 1.58. The van der Waals surface area contributed by atoms with Gasteiger partial charge in [0.05, 0.1) is 32.0 Å². The van der Waals surface area contributed by atoms with Gasteiger partial charge in [0.15, 0.2) is 11.5 Å². The van der Waals surface area contributed by atoms with Crippen molar-refractivity contribution in [2.75, 3.05) is 39.9 Å². The molecule has 1 aromatic carbocycles. The van der Waals surface area contributed by atoms with Crippen molar-refractivity contribution < 1.29 is 23.5 Å². The summed E-state index contributed by atoms with van der Waals surface area (Å²) in [4.78, 5) is 28.1. The Bertz CT molecular complexity index is 736. The molecule has 7 heteroatoms. The maximum Gasteiger partial charge on any atom is 0.257 e. The van der Waals surface area contributed by atoms with Crippen LogP contribution in [0.4, 0.5) is 0 Å². The fourth-order valence-corrected chi connectivity index (χ4v) is 2.87. The van der Waals surface area contributed by atoms with Crippen molar-refractivity contribution in [3.8, 4) is 11.5 Å². The monoisotopic (exact) mass is 358 g/mol. The van der Waals surface area contributed by atoms with Crippen LogP contribution in [-0.2, 0) is 4.79 Å². The topological polar surface area (TPSA) is 72.2 Å². The Morgan fingerprint density at radius 1 is 1.04 bits per heavy atom. The molecule has 0 N–H and O–H groups in total. The lowest BCUT2D eigenvalue weighted by atomic mass is 10.2. The average molecular weight is 358 g/mol. The second-order valence-electron chi connectivity index (χ2n) is 5.93. The average Bonchev–Trinajstić information content (AvgIpc) is 3.22. The van der Waals surface area contributed by atoms with Gasteiger partial charge < -0.3 is 23.7 Å². The highest BCUT2D eigenvalue weighted by Crippen LogP contribution is 2.25. The van der Waals surface area contributed by atoms with Crippen LogP contribution in [0.25, 0.3) is 0 Å². The number of methoxy groups -OCH3 is 1. The SMILES string of the molecule is COc1ccccc1OCCC(=O)N1CCN(C(=O)c2ccoc2)CC1. The Balaban J connectivity index is 1.43. The molecule has 0 atom stereocenters. The minimum atomic E-state index is -0.0645. The number of furan rings is 1. The summed E-state index contributed by atoms with van der Waals surface area (Å²) in [5.74, 6) is 1.23. The molecule has 1 aromatic heterocycles. The van der Waals surface area contributed by atoms with Crippen molar-refractivity contribution in [2.24, 2.45) is 0 Å². The third-order valence-electron chi connectivity index (χ3n) is 4.33. The quantitative estimate of drug-likeness (QED) is 0.790. The number of hydrogen-bond donors (Lipinski definition) is 0. The normalized spacial score (nSPS) is 14.2. The minimum absolute atomic E-state index is 0.0234. The molecule has 0 saturated carbocycles. The van der Waals surface area contributed by atoms with Crippen LogP contribution in [-0.4, -0.2) is 61.5 Å². The number of piperazine rings is 1. The number of amides is 2. The van der Waals surface area contributed by atoms with E-state index in [9.17, 15) is 9.59 Å². The van der Waals surface area contributed by atoms with Gasteiger partial charge in [0, 0.05) is 26.2 Å². The van der Waals surface area contributed by atoms with Crippen LogP contribution in [0.15, 0.2) is 47.3 Å². The number of hydrogen-bond acceptors (Lipinski definition) is 5. The summed E-state index contributed by atoms with van der Waals surface area (Å²) in [6.07, 6.45) is 3.21. The van der Waals surface area contributed by atoms with Gasteiger partial charge in [-0.25, -0.2) is 0 Å². The first kappa shape index (κ1) is 17.8. The Morgan fingerprint density at radius 3 is 2.38 bits per heavy atom. The summed E-state index contributed by atoms with van der Waals surface area (Å²) in [6, 6.07) is 8.99. The molecule has 1 fully saturated rings. The number of rotatable bonds is 6. The fraction of sp³-hybridized carbons (Fsp3) is 0.368. The minimum Gasteiger partial charge on any atom is -0.493 e. The highest BCUT2D eigenvalue weighted by Gasteiger charge is 2.25. The molecule has 0 unspecified atom stereocenters. The highest BCUT2D eigenvalue weighted by atomic mass is 16.5. The number of carbonyl (C=O) groups is 2. The van der Waals surface area contributed by atoms with Gasteiger partial charge in [-0.1, -0.05) is 12.1 Å². The Labute approximate surface area is 152 Å². The van der Waals surface area contributed by atoms with Gasteiger partial charge in [-0.15, -0.1) is 0 Å². The summed E-state index contributed by atoms with van der Waals surface area (Å²) in [5, 5.41) is 0. The first-order valence-corrected chi connectivity index (χ1v) is 8.54. The van der Waals surface area contributed by atoms with E-state index in [2.05, 4.69) is 0 Å². The molecule has 26 heavy (non-hydrogen) atoms. The standard InChI is InChI=1S/C19H22N2O5/c1-24-16-4-2-3-5-17(16)26-13-7-18(22)20-8-10-21(11-9-20)19(23)15-6-12-25-14-15/h2-6,12,14H,7-11,13H2,1H3. The molecule has 7 nitrogen and oxygen atoms in total. The third kappa shape index (κ3) is 4.17. The van der Waals surface area contributed by atoms with Crippen LogP contribution in [0.2, 0.25) is 0 Å². The van der Waals surface area contributed by atoms with E-state index in [4.69, 9.17) is 13.9 Å². The maximum absolute atomic E-state index is 12.3. The molecule has 1 saturated heterocycles. The van der Waals surface area contributed by atoms with E-state index in [-0.39, 0.29) is 24.8 Å². The van der Waals surface area contributed by atoms with Crippen LogP contribution >= 0.6 is 0 Å². The van der Waals surface area contributed by atoms with Crippen LogP contribution in [0.3, 0.4) is 0 Å². The van der Waals surface area contributed by atoms with Crippen molar-refractivity contribution in [3.05, 3.63) is 48.4 Å².